The van der Waals surface area contributed by atoms with Gasteiger partial charge in [0.2, 0.25) is 0 Å². The average molecular weight is 262 g/mol. The van der Waals surface area contributed by atoms with E-state index in [-0.39, 0.29) is 6.10 Å². The summed E-state index contributed by atoms with van der Waals surface area (Å²) in [5.41, 5.74) is 0.951. The van der Waals surface area contributed by atoms with E-state index in [2.05, 4.69) is 15.9 Å². The minimum atomic E-state index is -0.327. The Kier molecular flexibility index (Phi) is 2.63. The first-order chi connectivity index (χ1) is 6.18. The van der Waals surface area contributed by atoms with E-state index in [1.165, 1.54) is 0 Å². The van der Waals surface area contributed by atoms with Crippen molar-refractivity contribution in [2.75, 3.05) is 0 Å². The molecule has 0 aromatic heterocycles. The highest BCUT2D eigenvalue weighted by atomic mass is 79.9. The van der Waals surface area contributed by atoms with Crippen molar-refractivity contribution in [2.24, 2.45) is 5.92 Å². The van der Waals surface area contributed by atoms with Gasteiger partial charge in [0.1, 0.15) is 0 Å². The molecule has 70 valence electrons. The molecule has 1 fully saturated rings. The third-order valence-electron chi connectivity index (χ3n) is 2.35. The first-order valence-electron chi connectivity index (χ1n) is 4.31. The molecule has 1 saturated carbocycles. The van der Waals surface area contributed by atoms with Crippen LogP contribution >= 0.6 is 27.5 Å². The van der Waals surface area contributed by atoms with E-state index in [9.17, 15) is 5.11 Å². The van der Waals surface area contributed by atoms with Crippen LogP contribution in [0.15, 0.2) is 22.7 Å². The molecule has 0 heterocycles. The molecule has 0 amide bonds. The minimum Gasteiger partial charge on any atom is -0.388 e. The molecule has 1 aliphatic rings. The Labute approximate surface area is 90.9 Å². The number of benzene rings is 1. The zero-order valence-electron chi connectivity index (χ0n) is 7.00. The van der Waals surface area contributed by atoms with Gasteiger partial charge in [0, 0.05) is 9.50 Å². The Balaban J connectivity index is 2.28. The summed E-state index contributed by atoms with van der Waals surface area (Å²) in [5, 5.41) is 10.6. The predicted octanol–water partition coefficient (Wildman–Crippen LogP) is 3.55. The van der Waals surface area contributed by atoms with Crippen LogP contribution in [-0.4, -0.2) is 5.11 Å². The Bertz CT molecular complexity index is 323. The van der Waals surface area contributed by atoms with Crippen LogP contribution in [-0.2, 0) is 0 Å². The first-order valence-corrected chi connectivity index (χ1v) is 5.48. The van der Waals surface area contributed by atoms with Gasteiger partial charge < -0.3 is 5.11 Å². The summed E-state index contributed by atoms with van der Waals surface area (Å²) in [7, 11) is 0. The average Bonchev–Trinajstić information content (AvgIpc) is 2.85. The molecule has 1 aromatic carbocycles. The fraction of sp³-hybridized carbons (Fsp3) is 0.400. The minimum absolute atomic E-state index is 0.327. The molecular formula is C10H10BrClO. The van der Waals surface area contributed by atoms with E-state index in [1.54, 1.807) is 0 Å². The summed E-state index contributed by atoms with van der Waals surface area (Å²) in [6.45, 7) is 0. The maximum Gasteiger partial charge on any atom is 0.0829 e. The zero-order chi connectivity index (χ0) is 9.42. The number of hydrogen-bond donors (Lipinski definition) is 1. The maximum absolute atomic E-state index is 9.86. The number of rotatable bonds is 2. The van der Waals surface area contributed by atoms with E-state index < -0.39 is 0 Å². The summed E-state index contributed by atoms with van der Waals surface area (Å²) in [4.78, 5) is 0. The molecule has 13 heavy (non-hydrogen) atoms. The SMILES string of the molecule is OC(c1ccc(Cl)cc1Br)C1CC1. The first kappa shape index (κ1) is 9.50. The van der Waals surface area contributed by atoms with Crippen LogP contribution in [0.5, 0.6) is 0 Å². The third kappa shape index (κ3) is 2.06. The van der Waals surface area contributed by atoms with Crippen molar-refractivity contribution in [1.82, 2.24) is 0 Å². The fourth-order valence-corrected chi connectivity index (χ4v) is 2.32. The number of aliphatic hydroxyl groups excluding tert-OH is 1. The molecule has 1 aromatic rings. The van der Waals surface area contributed by atoms with Crippen LogP contribution in [0.2, 0.25) is 5.02 Å². The predicted molar refractivity (Wildman–Crippen MR) is 56.8 cm³/mol. The quantitative estimate of drug-likeness (QED) is 0.863. The van der Waals surface area contributed by atoms with Crippen molar-refractivity contribution in [2.45, 2.75) is 18.9 Å². The van der Waals surface area contributed by atoms with Gasteiger partial charge in [0.05, 0.1) is 6.10 Å². The van der Waals surface area contributed by atoms with Crippen LogP contribution < -0.4 is 0 Å². The van der Waals surface area contributed by atoms with Crippen LogP contribution in [0.1, 0.15) is 24.5 Å². The van der Waals surface area contributed by atoms with Crippen LogP contribution in [0.4, 0.5) is 0 Å². The summed E-state index contributed by atoms with van der Waals surface area (Å²) < 4.78 is 0.902. The monoisotopic (exact) mass is 260 g/mol. The fourth-order valence-electron chi connectivity index (χ4n) is 1.41. The lowest BCUT2D eigenvalue weighted by atomic mass is 10.1. The van der Waals surface area contributed by atoms with Crippen molar-refractivity contribution >= 4 is 27.5 Å². The second-order valence-corrected chi connectivity index (χ2v) is 4.74. The highest BCUT2D eigenvalue weighted by Gasteiger charge is 2.31. The molecule has 1 aliphatic carbocycles. The Hall–Kier alpha value is -0.0500. The van der Waals surface area contributed by atoms with Gasteiger partial charge in [-0.2, -0.15) is 0 Å². The van der Waals surface area contributed by atoms with Crippen molar-refractivity contribution in [3.05, 3.63) is 33.3 Å². The van der Waals surface area contributed by atoms with Crippen molar-refractivity contribution in [3.8, 4) is 0 Å². The second kappa shape index (κ2) is 3.60. The number of hydrogen-bond acceptors (Lipinski definition) is 1. The topological polar surface area (TPSA) is 20.2 Å². The highest BCUT2D eigenvalue weighted by Crippen LogP contribution is 2.43. The Morgan fingerprint density at radius 1 is 1.46 bits per heavy atom. The largest absolute Gasteiger partial charge is 0.388 e. The Morgan fingerprint density at radius 3 is 2.69 bits per heavy atom. The standard InChI is InChI=1S/C10H10BrClO/c11-9-5-7(12)3-4-8(9)10(13)6-1-2-6/h3-6,10,13H,1-2H2. The van der Waals surface area contributed by atoms with E-state index in [4.69, 9.17) is 11.6 Å². The molecule has 1 unspecified atom stereocenters. The van der Waals surface area contributed by atoms with Gasteiger partial charge in [0.25, 0.3) is 0 Å². The van der Waals surface area contributed by atoms with Crippen LogP contribution in [0.3, 0.4) is 0 Å². The molecular weight excluding hydrogens is 251 g/mol. The molecule has 0 bridgehead atoms. The lowest BCUT2D eigenvalue weighted by molar-refractivity contribution is 0.153. The molecule has 1 nitrogen and oxygen atoms in total. The van der Waals surface area contributed by atoms with E-state index >= 15 is 0 Å². The molecule has 0 spiro atoms. The van der Waals surface area contributed by atoms with Gasteiger partial charge in [-0.25, -0.2) is 0 Å². The lowest BCUT2D eigenvalue weighted by Gasteiger charge is -2.11. The number of halogens is 2. The van der Waals surface area contributed by atoms with Gasteiger partial charge in [-0.1, -0.05) is 33.6 Å². The molecule has 2 rings (SSSR count). The smallest absolute Gasteiger partial charge is 0.0829 e. The van der Waals surface area contributed by atoms with Crippen molar-refractivity contribution < 1.29 is 5.11 Å². The molecule has 0 radical (unpaired) electrons. The maximum atomic E-state index is 9.86. The van der Waals surface area contributed by atoms with Crippen LogP contribution in [0, 0.1) is 5.92 Å². The molecule has 1 atom stereocenters. The summed E-state index contributed by atoms with van der Waals surface area (Å²) in [6, 6.07) is 5.52. The lowest BCUT2D eigenvalue weighted by Crippen LogP contribution is -2.00. The third-order valence-corrected chi connectivity index (χ3v) is 3.27. The van der Waals surface area contributed by atoms with Gasteiger partial charge in [-0.3, -0.25) is 0 Å². The van der Waals surface area contributed by atoms with Gasteiger partial charge in [-0.15, -0.1) is 0 Å². The summed E-state index contributed by atoms with van der Waals surface area (Å²) >= 11 is 9.20. The van der Waals surface area contributed by atoms with Crippen molar-refractivity contribution in [1.29, 1.82) is 0 Å². The van der Waals surface area contributed by atoms with E-state index in [0.29, 0.717) is 10.9 Å². The molecule has 3 heteroatoms. The van der Waals surface area contributed by atoms with E-state index in [1.807, 2.05) is 18.2 Å². The van der Waals surface area contributed by atoms with E-state index in [0.717, 1.165) is 22.9 Å². The highest BCUT2D eigenvalue weighted by molar-refractivity contribution is 9.10. The molecule has 0 aliphatic heterocycles. The van der Waals surface area contributed by atoms with Gasteiger partial charge in [0.15, 0.2) is 0 Å². The van der Waals surface area contributed by atoms with Crippen LogP contribution in [0.25, 0.3) is 0 Å². The normalized spacial score (nSPS) is 18.7. The number of aliphatic hydroxyl groups is 1. The second-order valence-electron chi connectivity index (χ2n) is 3.45. The summed E-state index contributed by atoms with van der Waals surface area (Å²) in [5.74, 6) is 0.456. The molecule has 1 N–H and O–H groups in total. The Morgan fingerprint density at radius 2 is 2.15 bits per heavy atom. The molecule has 0 saturated heterocycles. The zero-order valence-corrected chi connectivity index (χ0v) is 9.35. The summed E-state index contributed by atoms with van der Waals surface area (Å²) in [6.07, 6.45) is 1.94. The van der Waals surface area contributed by atoms with Gasteiger partial charge in [-0.05, 0) is 36.5 Å². The van der Waals surface area contributed by atoms with Crippen molar-refractivity contribution in [3.63, 3.8) is 0 Å². The van der Waals surface area contributed by atoms with Gasteiger partial charge >= 0.3 is 0 Å².